The summed E-state index contributed by atoms with van der Waals surface area (Å²) in [5.41, 5.74) is 0. The van der Waals surface area contributed by atoms with E-state index < -0.39 is 0 Å². The zero-order valence-corrected chi connectivity index (χ0v) is 9.17. The zero-order chi connectivity index (χ0) is 10.4. The number of hydrogen-bond acceptors (Lipinski definition) is 4. The molecule has 4 heteroatoms. The summed E-state index contributed by atoms with van der Waals surface area (Å²) in [4.78, 5) is 22.0. The van der Waals surface area contributed by atoms with Crippen LogP contribution >= 0.6 is 11.3 Å². The molecular formula is C11H10N2OS. The van der Waals surface area contributed by atoms with Gasteiger partial charge in [-0.1, -0.05) is 0 Å². The molecule has 0 aliphatic heterocycles. The standard InChI is InChI=1S/C11H10N2OS/c1-6-12-5-8-4-9(15-11(8)13-6)10(14)7-2-3-7/h4-5,7H,2-3H2,1H3. The highest BCUT2D eigenvalue weighted by atomic mass is 32.1. The number of hydrogen-bond donors (Lipinski definition) is 0. The van der Waals surface area contributed by atoms with Crippen molar-refractivity contribution in [2.45, 2.75) is 19.8 Å². The molecule has 2 heterocycles. The van der Waals surface area contributed by atoms with E-state index in [2.05, 4.69) is 9.97 Å². The maximum absolute atomic E-state index is 11.8. The molecule has 1 fully saturated rings. The van der Waals surface area contributed by atoms with Crippen LogP contribution in [0.2, 0.25) is 0 Å². The molecule has 76 valence electrons. The second-order valence-electron chi connectivity index (χ2n) is 3.93. The van der Waals surface area contributed by atoms with Crippen molar-refractivity contribution in [3.8, 4) is 0 Å². The molecule has 0 saturated heterocycles. The van der Waals surface area contributed by atoms with Gasteiger partial charge in [-0.15, -0.1) is 11.3 Å². The van der Waals surface area contributed by atoms with Crippen LogP contribution in [0.3, 0.4) is 0 Å². The van der Waals surface area contributed by atoms with Crippen molar-refractivity contribution in [2.75, 3.05) is 0 Å². The van der Waals surface area contributed by atoms with E-state index in [1.807, 2.05) is 13.0 Å². The van der Waals surface area contributed by atoms with Crippen molar-refractivity contribution in [2.24, 2.45) is 5.92 Å². The Labute approximate surface area is 91.2 Å². The quantitative estimate of drug-likeness (QED) is 0.728. The second kappa shape index (κ2) is 3.10. The molecule has 0 aromatic carbocycles. The number of nitrogens with zero attached hydrogens (tertiary/aromatic N) is 2. The third-order valence-electron chi connectivity index (χ3n) is 2.58. The van der Waals surface area contributed by atoms with Crippen LogP contribution in [0.25, 0.3) is 10.2 Å². The molecule has 1 aliphatic carbocycles. The van der Waals surface area contributed by atoms with Crippen LogP contribution in [-0.2, 0) is 0 Å². The summed E-state index contributed by atoms with van der Waals surface area (Å²) in [6.07, 6.45) is 3.90. The SMILES string of the molecule is Cc1ncc2cc(C(=O)C3CC3)sc2n1. The van der Waals surface area contributed by atoms with E-state index in [-0.39, 0.29) is 11.7 Å². The average molecular weight is 218 g/mol. The predicted molar refractivity (Wildman–Crippen MR) is 59.2 cm³/mol. The highest BCUT2D eigenvalue weighted by molar-refractivity contribution is 7.20. The second-order valence-corrected chi connectivity index (χ2v) is 4.96. The summed E-state index contributed by atoms with van der Waals surface area (Å²) >= 11 is 1.49. The van der Waals surface area contributed by atoms with Gasteiger partial charge in [-0.2, -0.15) is 0 Å². The third kappa shape index (κ3) is 1.55. The van der Waals surface area contributed by atoms with Gasteiger partial charge in [0.15, 0.2) is 5.78 Å². The molecule has 3 rings (SSSR count). The Morgan fingerprint density at radius 3 is 3.07 bits per heavy atom. The van der Waals surface area contributed by atoms with Gasteiger partial charge in [-0.05, 0) is 25.8 Å². The van der Waals surface area contributed by atoms with E-state index in [0.717, 1.165) is 33.8 Å². The van der Waals surface area contributed by atoms with E-state index in [1.165, 1.54) is 11.3 Å². The van der Waals surface area contributed by atoms with Crippen LogP contribution in [0.1, 0.15) is 28.3 Å². The fourth-order valence-electron chi connectivity index (χ4n) is 1.58. The summed E-state index contributed by atoms with van der Waals surface area (Å²) in [7, 11) is 0. The lowest BCUT2D eigenvalue weighted by atomic mass is 10.2. The Hall–Kier alpha value is -1.29. The average Bonchev–Trinajstić information content (AvgIpc) is 2.97. The number of carbonyl (C=O) groups is 1. The molecule has 0 amide bonds. The fourth-order valence-corrected chi connectivity index (χ4v) is 2.65. The van der Waals surface area contributed by atoms with Gasteiger partial charge in [-0.25, -0.2) is 9.97 Å². The normalized spacial score (nSPS) is 15.8. The third-order valence-corrected chi connectivity index (χ3v) is 3.64. The summed E-state index contributed by atoms with van der Waals surface area (Å²) in [6, 6.07) is 1.92. The van der Waals surface area contributed by atoms with Crippen molar-refractivity contribution >= 4 is 27.3 Å². The van der Waals surface area contributed by atoms with E-state index in [1.54, 1.807) is 6.20 Å². The fraction of sp³-hybridized carbons (Fsp3) is 0.364. The molecule has 0 bridgehead atoms. The highest BCUT2D eigenvalue weighted by Crippen LogP contribution is 2.35. The molecule has 2 aromatic rings. The molecule has 3 nitrogen and oxygen atoms in total. The zero-order valence-electron chi connectivity index (χ0n) is 8.36. The number of Topliss-reactive ketones (excluding diaryl/α,β-unsaturated/α-hetero) is 1. The molecule has 0 unspecified atom stereocenters. The molecule has 2 aromatic heterocycles. The van der Waals surface area contributed by atoms with E-state index in [9.17, 15) is 4.79 Å². The van der Waals surface area contributed by atoms with Gasteiger partial charge in [0.1, 0.15) is 10.7 Å². The predicted octanol–water partition coefficient (Wildman–Crippen LogP) is 2.59. The van der Waals surface area contributed by atoms with E-state index in [4.69, 9.17) is 0 Å². The summed E-state index contributed by atoms with van der Waals surface area (Å²) in [6.45, 7) is 1.86. The number of fused-ring (bicyclic) bond motifs is 1. The van der Waals surface area contributed by atoms with Crippen LogP contribution in [-0.4, -0.2) is 15.8 Å². The van der Waals surface area contributed by atoms with Crippen molar-refractivity contribution in [3.63, 3.8) is 0 Å². The Morgan fingerprint density at radius 2 is 2.33 bits per heavy atom. The first-order valence-corrected chi connectivity index (χ1v) is 5.83. The van der Waals surface area contributed by atoms with Gasteiger partial charge >= 0.3 is 0 Å². The van der Waals surface area contributed by atoms with Crippen LogP contribution in [0.5, 0.6) is 0 Å². The van der Waals surface area contributed by atoms with E-state index in [0.29, 0.717) is 0 Å². The molecule has 1 saturated carbocycles. The van der Waals surface area contributed by atoms with Gasteiger partial charge in [-0.3, -0.25) is 4.79 Å². The number of thiophene rings is 1. The minimum absolute atomic E-state index is 0.284. The monoisotopic (exact) mass is 218 g/mol. The van der Waals surface area contributed by atoms with Crippen molar-refractivity contribution in [3.05, 3.63) is 23.0 Å². The summed E-state index contributed by atoms with van der Waals surface area (Å²) < 4.78 is 0. The minimum Gasteiger partial charge on any atom is -0.293 e. The van der Waals surface area contributed by atoms with Gasteiger partial charge in [0.05, 0.1) is 4.88 Å². The topological polar surface area (TPSA) is 42.9 Å². The molecule has 0 atom stereocenters. The molecule has 1 aliphatic rings. The van der Waals surface area contributed by atoms with Gasteiger partial charge in [0.25, 0.3) is 0 Å². The highest BCUT2D eigenvalue weighted by Gasteiger charge is 2.31. The van der Waals surface area contributed by atoms with E-state index >= 15 is 0 Å². The van der Waals surface area contributed by atoms with Crippen LogP contribution < -0.4 is 0 Å². The number of rotatable bonds is 2. The Morgan fingerprint density at radius 1 is 1.53 bits per heavy atom. The number of aryl methyl sites for hydroxylation is 1. The lowest BCUT2D eigenvalue weighted by molar-refractivity contribution is 0.0971. The Kier molecular flexibility index (Phi) is 1.85. The molecule has 0 N–H and O–H groups in total. The summed E-state index contributed by atoms with van der Waals surface area (Å²) in [5, 5.41) is 0.981. The number of ketones is 1. The lowest BCUT2D eigenvalue weighted by Gasteiger charge is -1.89. The Balaban J connectivity index is 2.09. The number of carbonyl (C=O) groups excluding carboxylic acids is 1. The minimum atomic E-state index is 0.284. The van der Waals surface area contributed by atoms with Crippen LogP contribution in [0.4, 0.5) is 0 Å². The number of aromatic nitrogens is 2. The molecular weight excluding hydrogens is 208 g/mol. The van der Waals surface area contributed by atoms with Crippen molar-refractivity contribution < 1.29 is 4.79 Å². The van der Waals surface area contributed by atoms with Gasteiger partial charge in [0.2, 0.25) is 0 Å². The van der Waals surface area contributed by atoms with Gasteiger partial charge < -0.3 is 0 Å². The van der Waals surface area contributed by atoms with Gasteiger partial charge in [0, 0.05) is 17.5 Å². The Bertz CT molecular complexity index is 543. The van der Waals surface area contributed by atoms with Crippen LogP contribution in [0, 0.1) is 12.8 Å². The van der Waals surface area contributed by atoms with Crippen molar-refractivity contribution in [1.29, 1.82) is 0 Å². The van der Waals surface area contributed by atoms with Crippen molar-refractivity contribution in [1.82, 2.24) is 9.97 Å². The lowest BCUT2D eigenvalue weighted by Crippen LogP contribution is -1.96. The molecule has 0 radical (unpaired) electrons. The first-order chi connectivity index (χ1) is 7.24. The summed E-state index contributed by atoms with van der Waals surface area (Å²) in [5.74, 6) is 1.33. The first kappa shape index (κ1) is 8.97. The molecule has 15 heavy (non-hydrogen) atoms. The maximum atomic E-state index is 11.8. The first-order valence-electron chi connectivity index (χ1n) is 5.01. The molecule has 0 spiro atoms. The van der Waals surface area contributed by atoms with Crippen LogP contribution in [0.15, 0.2) is 12.3 Å². The smallest absolute Gasteiger partial charge is 0.175 e. The maximum Gasteiger partial charge on any atom is 0.175 e. The largest absolute Gasteiger partial charge is 0.293 e.